The molecule has 0 aliphatic carbocycles. The number of nitrogens with zero attached hydrogens (tertiary/aromatic N) is 2. The smallest absolute Gasteiger partial charge is 0.265 e. The molecular formula is C39H47N3O8S. The molecule has 4 aromatic rings. The second kappa shape index (κ2) is 17.6. The van der Waals surface area contributed by atoms with Gasteiger partial charge < -0.3 is 29.2 Å². The number of benzene rings is 4. The molecule has 2 atom stereocenters. The van der Waals surface area contributed by atoms with Crippen LogP contribution in [-0.2, 0) is 32.6 Å². The highest BCUT2D eigenvalue weighted by atomic mass is 32.2. The van der Waals surface area contributed by atoms with Crippen molar-refractivity contribution in [3.8, 4) is 23.0 Å². The van der Waals surface area contributed by atoms with Crippen LogP contribution in [0, 0.1) is 6.92 Å². The Kier molecular flexibility index (Phi) is 13.3. The quantitative estimate of drug-likeness (QED) is 0.146. The lowest BCUT2D eigenvalue weighted by Gasteiger charge is -2.34. The summed E-state index contributed by atoms with van der Waals surface area (Å²) in [6.45, 7) is 5.20. The fourth-order valence-electron chi connectivity index (χ4n) is 5.49. The number of amides is 2. The summed E-state index contributed by atoms with van der Waals surface area (Å²) < 4.78 is 52.2. The van der Waals surface area contributed by atoms with Crippen LogP contribution in [0.1, 0.15) is 37.0 Å². The predicted molar refractivity (Wildman–Crippen MR) is 197 cm³/mol. The van der Waals surface area contributed by atoms with Crippen LogP contribution in [-0.4, -0.2) is 72.2 Å². The number of carbonyl (C=O) groups is 2. The first kappa shape index (κ1) is 38.6. The summed E-state index contributed by atoms with van der Waals surface area (Å²) in [6, 6.07) is 24.8. The molecule has 0 saturated carbocycles. The molecule has 0 bridgehead atoms. The van der Waals surface area contributed by atoms with Gasteiger partial charge in [0.05, 0.1) is 39.0 Å². The average molecular weight is 718 g/mol. The van der Waals surface area contributed by atoms with Crippen LogP contribution >= 0.6 is 0 Å². The van der Waals surface area contributed by atoms with E-state index in [0.29, 0.717) is 17.9 Å². The maximum absolute atomic E-state index is 14.9. The lowest BCUT2D eigenvalue weighted by atomic mass is 10.0. The summed E-state index contributed by atoms with van der Waals surface area (Å²) >= 11 is 0. The number of carbonyl (C=O) groups excluding carboxylic acids is 2. The predicted octanol–water partition coefficient (Wildman–Crippen LogP) is 5.78. The maximum atomic E-state index is 14.9. The largest absolute Gasteiger partial charge is 0.497 e. The number of rotatable bonds is 17. The molecule has 272 valence electrons. The van der Waals surface area contributed by atoms with Crippen LogP contribution in [0.25, 0.3) is 0 Å². The molecule has 0 aliphatic rings. The van der Waals surface area contributed by atoms with Crippen molar-refractivity contribution in [1.29, 1.82) is 0 Å². The first-order valence-corrected chi connectivity index (χ1v) is 18.1. The molecule has 0 aromatic heterocycles. The molecule has 51 heavy (non-hydrogen) atoms. The van der Waals surface area contributed by atoms with Gasteiger partial charge in [0.1, 0.15) is 24.1 Å². The van der Waals surface area contributed by atoms with Crippen molar-refractivity contribution >= 4 is 27.5 Å². The third-order valence-corrected chi connectivity index (χ3v) is 10.4. The van der Waals surface area contributed by atoms with Crippen LogP contribution in [0.2, 0.25) is 0 Å². The van der Waals surface area contributed by atoms with Crippen LogP contribution in [0.15, 0.2) is 95.9 Å². The molecule has 1 N–H and O–H groups in total. The standard InChI is InChI=1S/C39H47N3O8S/c1-8-28(3)40-39(44)34(22-29-12-10-9-11-13-29)41(25-30-16-14-27(2)15-17-30)38(43)26-42(33-23-31(47-4)18-20-35(33)48-5)51(45,46)32-19-21-36(49-6)37(24-32)50-7/h9-21,23-24,28,34H,8,22,25-26H2,1-7H3,(H,40,44). The summed E-state index contributed by atoms with van der Waals surface area (Å²) in [5.74, 6) is 0.100. The van der Waals surface area contributed by atoms with E-state index in [1.165, 1.54) is 57.6 Å². The van der Waals surface area contributed by atoms with E-state index < -0.39 is 28.5 Å². The maximum Gasteiger partial charge on any atom is 0.265 e. The molecule has 2 unspecified atom stereocenters. The number of hydrogen-bond acceptors (Lipinski definition) is 8. The Labute approximate surface area is 301 Å². The number of aryl methyl sites for hydroxylation is 1. The van der Waals surface area contributed by atoms with E-state index >= 15 is 0 Å². The highest BCUT2D eigenvalue weighted by Gasteiger charge is 2.36. The Morgan fingerprint density at radius 3 is 2.02 bits per heavy atom. The Bertz CT molecular complexity index is 1880. The monoisotopic (exact) mass is 717 g/mol. The van der Waals surface area contributed by atoms with Crippen LogP contribution in [0.3, 0.4) is 0 Å². The second-order valence-corrected chi connectivity index (χ2v) is 14.0. The summed E-state index contributed by atoms with van der Waals surface area (Å²) in [5, 5.41) is 3.05. The van der Waals surface area contributed by atoms with Crippen molar-refractivity contribution in [2.24, 2.45) is 0 Å². The van der Waals surface area contributed by atoms with E-state index in [4.69, 9.17) is 18.9 Å². The molecule has 11 nitrogen and oxygen atoms in total. The van der Waals surface area contributed by atoms with Crippen molar-refractivity contribution in [1.82, 2.24) is 10.2 Å². The lowest BCUT2D eigenvalue weighted by molar-refractivity contribution is -0.140. The Hall–Kier alpha value is -5.23. The van der Waals surface area contributed by atoms with E-state index in [2.05, 4.69) is 5.32 Å². The molecule has 0 radical (unpaired) electrons. The van der Waals surface area contributed by atoms with Crippen molar-refractivity contribution in [2.45, 2.75) is 57.1 Å². The van der Waals surface area contributed by atoms with Gasteiger partial charge in [-0.05, 0) is 55.7 Å². The second-order valence-electron chi connectivity index (χ2n) is 12.1. The van der Waals surface area contributed by atoms with Gasteiger partial charge in [0.2, 0.25) is 11.8 Å². The molecule has 0 heterocycles. The van der Waals surface area contributed by atoms with E-state index in [0.717, 1.165) is 21.0 Å². The van der Waals surface area contributed by atoms with Crippen molar-refractivity contribution < 1.29 is 37.0 Å². The lowest BCUT2D eigenvalue weighted by Crippen LogP contribution is -2.54. The van der Waals surface area contributed by atoms with Gasteiger partial charge >= 0.3 is 0 Å². The Morgan fingerprint density at radius 2 is 1.41 bits per heavy atom. The van der Waals surface area contributed by atoms with Crippen LogP contribution in [0.5, 0.6) is 23.0 Å². The summed E-state index contributed by atoms with van der Waals surface area (Å²) in [4.78, 5) is 30.3. The minimum absolute atomic E-state index is 0.0457. The molecule has 0 saturated heterocycles. The Morgan fingerprint density at radius 1 is 0.765 bits per heavy atom. The number of anilines is 1. The fraction of sp³-hybridized carbons (Fsp3) is 0.333. The number of ether oxygens (including phenoxy) is 4. The zero-order valence-corrected chi connectivity index (χ0v) is 31.0. The molecule has 0 aliphatic heterocycles. The number of hydrogen-bond donors (Lipinski definition) is 1. The van der Waals surface area contributed by atoms with Crippen molar-refractivity contribution in [3.63, 3.8) is 0 Å². The minimum Gasteiger partial charge on any atom is -0.497 e. The first-order chi connectivity index (χ1) is 24.4. The zero-order chi connectivity index (χ0) is 37.1. The van der Waals surface area contributed by atoms with E-state index in [9.17, 15) is 18.0 Å². The first-order valence-electron chi connectivity index (χ1n) is 16.6. The van der Waals surface area contributed by atoms with E-state index in [-0.39, 0.29) is 47.0 Å². The average Bonchev–Trinajstić information content (AvgIpc) is 3.15. The summed E-state index contributed by atoms with van der Waals surface area (Å²) in [5.41, 5.74) is 2.72. The fourth-order valence-corrected chi connectivity index (χ4v) is 6.93. The third-order valence-electron chi connectivity index (χ3n) is 8.62. The highest BCUT2D eigenvalue weighted by Crippen LogP contribution is 2.38. The number of sulfonamides is 1. The van der Waals surface area contributed by atoms with Crippen molar-refractivity contribution in [3.05, 3.63) is 108 Å². The number of methoxy groups -OCH3 is 4. The Balaban J connectivity index is 1.90. The van der Waals surface area contributed by atoms with Gasteiger partial charge in [-0.25, -0.2) is 8.42 Å². The molecule has 0 fully saturated rings. The normalized spacial score (nSPS) is 12.3. The molecule has 4 rings (SSSR count). The van der Waals surface area contributed by atoms with E-state index in [1.807, 2.05) is 75.4 Å². The zero-order valence-electron chi connectivity index (χ0n) is 30.2. The van der Waals surface area contributed by atoms with Crippen LogP contribution < -0.4 is 28.6 Å². The summed E-state index contributed by atoms with van der Waals surface area (Å²) in [7, 11) is 1.23. The molecule has 0 spiro atoms. The van der Waals surface area contributed by atoms with Gasteiger partial charge in [0.25, 0.3) is 10.0 Å². The van der Waals surface area contributed by atoms with Gasteiger partial charge in [0, 0.05) is 31.1 Å². The van der Waals surface area contributed by atoms with Gasteiger partial charge in [-0.3, -0.25) is 13.9 Å². The van der Waals surface area contributed by atoms with Gasteiger partial charge in [-0.15, -0.1) is 0 Å². The topological polar surface area (TPSA) is 124 Å². The third kappa shape index (κ3) is 9.52. The van der Waals surface area contributed by atoms with Gasteiger partial charge in [-0.2, -0.15) is 0 Å². The van der Waals surface area contributed by atoms with Crippen molar-refractivity contribution in [2.75, 3.05) is 39.3 Å². The molecular weight excluding hydrogens is 671 g/mol. The molecule has 2 amide bonds. The van der Waals surface area contributed by atoms with E-state index in [1.54, 1.807) is 12.1 Å². The van der Waals surface area contributed by atoms with Crippen LogP contribution in [0.4, 0.5) is 5.69 Å². The highest BCUT2D eigenvalue weighted by molar-refractivity contribution is 7.92. The van der Waals surface area contributed by atoms with Gasteiger partial charge in [-0.1, -0.05) is 67.1 Å². The minimum atomic E-state index is -4.49. The van der Waals surface area contributed by atoms with Gasteiger partial charge in [0.15, 0.2) is 11.5 Å². The SMILES string of the molecule is CCC(C)NC(=O)C(Cc1ccccc1)N(Cc1ccc(C)cc1)C(=O)CN(c1cc(OC)ccc1OC)S(=O)(=O)c1ccc(OC)c(OC)c1. The molecule has 4 aromatic carbocycles. The molecule has 12 heteroatoms. The number of nitrogens with one attached hydrogen (secondary N) is 1. The summed E-state index contributed by atoms with van der Waals surface area (Å²) in [6.07, 6.45) is 0.883.